The molecule has 1 aromatic heterocycles. The molecule has 0 bridgehead atoms. The van der Waals surface area contributed by atoms with Crippen molar-refractivity contribution in [2.75, 3.05) is 0 Å². The lowest BCUT2D eigenvalue weighted by molar-refractivity contribution is 0.756. The van der Waals surface area contributed by atoms with Crippen LogP contribution in [0.5, 0.6) is 0 Å². The maximum Gasteiger partial charge on any atom is 0.169 e. The third kappa shape index (κ3) is 7.57. The second-order valence-corrected chi connectivity index (χ2v) is 12.1. The molecule has 6 aromatic carbocycles. The molecule has 0 spiro atoms. The van der Waals surface area contributed by atoms with Crippen molar-refractivity contribution in [1.29, 1.82) is 0 Å². The lowest BCUT2D eigenvalue weighted by Gasteiger charge is -2.22. The molecule has 0 saturated carbocycles. The van der Waals surface area contributed by atoms with E-state index in [1.54, 1.807) is 0 Å². The molecule has 0 saturated heterocycles. The van der Waals surface area contributed by atoms with E-state index in [-0.39, 0.29) is 6.17 Å². The Kier molecular flexibility index (Phi) is 10.7. The van der Waals surface area contributed by atoms with E-state index in [0.29, 0.717) is 0 Å². The Bertz CT molecular complexity index is 2200. The van der Waals surface area contributed by atoms with Crippen molar-refractivity contribution >= 4 is 22.8 Å². The van der Waals surface area contributed by atoms with Gasteiger partial charge in [-0.25, -0.2) is 9.98 Å². The highest BCUT2D eigenvalue weighted by atomic mass is 15.2. The maximum absolute atomic E-state index is 5.06. The normalized spacial score (nSPS) is 13.0. The Morgan fingerprint density at radius 3 is 1.40 bits per heavy atom. The summed E-state index contributed by atoms with van der Waals surface area (Å²) in [5.41, 5.74) is 12.1. The summed E-state index contributed by atoms with van der Waals surface area (Å²) >= 11 is 0. The van der Waals surface area contributed by atoms with Crippen LogP contribution in [0.4, 0.5) is 0 Å². The zero-order chi connectivity index (χ0) is 35.5. The van der Waals surface area contributed by atoms with E-state index in [4.69, 9.17) is 9.98 Å². The molecule has 1 aliphatic rings. The molecule has 0 atom stereocenters. The van der Waals surface area contributed by atoms with Gasteiger partial charge in [-0.15, -0.1) is 0 Å². The largest absolute Gasteiger partial charge is 0.324 e. The zero-order valence-corrected chi connectivity index (χ0v) is 29.4. The summed E-state index contributed by atoms with van der Waals surface area (Å²) in [7, 11) is 0. The van der Waals surface area contributed by atoms with E-state index in [0.717, 1.165) is 72.9 Å². The van der Waals surface area contributed by atoms with Gasteiger partial charge in [0.2, 0.25) is 0 Å². The van der Waals surface area contributed by atoms with Gasteiger partial charge in [0.1, 0.15) is 11.7 Å². The summed E-state index contributed by atoms with van der Waals surface area (Å²) in [5, 5.41) is 3.48. The minimum atomic E-state index is -0.373. The van der Waals surface area contributed by atoms with Crippen molar-refractivity contribution in [3.63, 3.8) is 0 Å². The molecule has 4 heteroatoms. The van der Waals surface area contributed by atoms with Crippen LogP contribution in [-0.4, -0.2) is 16.7 Å². The Hall–Kier alpha value is -6.65. The standard InChI is InChI=1S/C46H34N4.C2H6/c1-5-15-34(16-6-1)42(43(35-17-7-2-8-18-35)41-25-14-30-47-32-41)40-24-13-23-39(31-40)33-26-28-38(29-27-33)46-49-44(36-19-9-3-10-20-36)48-45(50-46)37-21-11-4-12-22-37;1-2/h1-32,46H,(H,48,49,50);1-2H3/b43-42-;. The second-order valence-electron chi connectivity index (χ2n) is 12.1. The minimum Gasteiger partial charge on any atom is -0.324 e. The number of rotatable bonds is 8. The van der Waals surface area contributed by atoms with Gasteiger partial charge in [0, 0.05) is 29.1 Å². The predicted molar refractivity (Wildman–Crippen MR) is 217 cm³/mol. The third-order valence-corrected chi connectivity index (χ3v) is 8.85. The lowest BCUT2D eigenvalue weighted by Crippen LogP contribution is -2.35. The van der Waals surface area contributed by atoms with Crippen molar-refractivity contribution in [1.82, 2.24) is 10.3 Å². The molecule has 0 unspecified atom stereocenters. The van der Waals surface area contributed by atoms with E-state index < -0.39 is 0 Å². The van der Waals surface area contributed by atoms with E-state index in [1.807, 2.05) is 68.7 Å². The summed E-state index contributed by atoms with van der Waals surface area (Å²) in [6, 6.07) is 63.3. The van der Waals surface area contributed by atoms with E-state index in [9.17, 15) is 0 Å². The quantitative estimate of drug-likeness (QED) is 0.163. The summed E-state index contributed by atoms with van der Waals surface area (Å²) < 4.78 is 0. The summed E-state index contributed by atoms with van der Waals surface area (Å²) in [6.45, 7) is 4.00. The van der Waals surface area contributed by atoms with Crippen LogP contribution in [0.3, 0.4) is 0 Å². The fourth-order valence-electron chi connectivity index (χ4n) is 6.42. The van der Waals surface area contributed by atoms with Crippen molar-refractivity contribution in [2.24, 2.45) is 9.98 Å². The first-order valence-corrected chi connectivity index (χ1v) is 17.8. The second kappa shape index (κ2) is 16.4. The molecular formula is C48H40N4. The summed E-state index contributed by atoms with van der Waals surface area (Å²) in [4.78, 5) is 14.6. The van der Waals surface area contributed by atoms with Gasteiger partial charge in [0.25, 0.3) is 0 Å². The van der Waals surface area contributed by atoms with Crippen LogP contribution in [0, 0.1) is 0 Å². The van der Waals surface area contributed by atoms with Crippen molar-refractivity contribution < 1.29 is 0 Å². The number of nitrogens with one attached hydrogen (secondary N) is 1. The van der Waals surface area contributed by atoms with Crippen molar-refractivity contribution in [3.8, 4) is 11.1 Å². The number of amidine groups is 2. The SMILES string of the molecule is CC.c1ccc(C2=NC(c3ccc(-c4cccc(/C(=C(/c5ccccc5)c5cccnc5)c5ccccc5)c4)cc3)N=C(c3ccccc3)N2)cc1. The number of pyridine rings is 1. The number of hydrogen-bond acceptors (Lipinski definition) is 4. The lowest BCUT2D eigenvalue weighted by atomic mass is 9.85. The molecule has 2 heterocycles. The Labute approximate surface area is 306 Å². The molecule has 52 heavy (non-hydrogen) atoms. The zero-order valence-electron chi connectivity index (χ0n) is 29.4. The van der Waals surface area contributed by atoms with Gasteiger partial charge in [0.05, 0.1) is 0 Å². The molecular weight excluding hydrogens is 633 g/mol. The highest BCUT2D eigenvalue weighted by Gasteiger charge is 2.21. The highest BCUT2D eigenvalue weighted by molar-refractivity contribution is 6.15. The number of nitrogens with zero attached hydrogens (tertiary/aromatic N) is 3. The van der Waals surface area contributed by atoms with Crippen LogP contribution in [0.1, 0.15) is 59.0 Å². The van der Waals surface area contributed by atoms with E-state index >= 15 is 0 Å². The number of aliphatic imine (C=N–C) groups is 2. The minimum absolute atomic E-state index is 0.373. The van der Waals surface area contributed by atoms with Crippen LogP contribution in [0.15, 0.2) is 204 Å². The molecule has 0 amide bonds. The highest BCUT2D eigenvalue weighted by Crippen LogP contribution is 2.38. The number of benzene rings is 6. The van der Waals surface area contributed by atoms with Crippen molar-refractivity contribution in [3.05, 3.63) is 233 Å². The molecule has 0 aliphatic carbocycles. The van der Waals surface area contributed by atoms with Gasteiger partial charge >= 0.3 is 0 Å². The average molecular weight is 673 g/mol. The average Bonchev–Trinajstić information content (AvgIpc) is 3.25. The van der Waals surface area contributed by atoms with Crippen LogP contribution >= 0.6 is 0 Å². The van der Waals surface area contributed by atoms with Gasteiger partial charge in [-0.3, -0.25) is 4.98 Å². The molecule has 0 radical (unpaired) electrons. The van der Waals surface area contributed by atoms with Crippen LogP contribution in [0.25, 0.3) is 22.3 Å². The summed E-state index contributed by atoms with van der Waals surface area (Å²) in [6.07, 6.45) is 3.40. The summed E-state index contributed by atoms with van der Waals surface area (Å²) in [5.74, 6) is 1.62. The van der Waals surface area contributed by atoms with Gasteiger partial charge in [-0.05, 0) is 56.7 Å². The molecule has 252 valence electrons. The predicted octanol–water partition coefficient (Wildman–Crippen LogP) is 11.3. The molecule has 8 rings (SSSR count). The molecule has 1 N–H and O–H groups in total. The Balaban J connectivity index is 0.00000207. The van der Waals surface area contributed by atoms with Gasteiger partial charge in [-0.2, -0.15) is 0 Å². The smallest absolute Gasteiger partial charge is 0.169 e. The Morgan fingerprint density at radius 2 is 0.885 bits per heavy atom. The van der Waals surface area contributed by atoms with Crippen LogP contribution in [-0.2, 0) is 0 Å². The van der Waals surface area contributed by atoms with Crippen LogP contribution in [0.2, 0.25) is 0 Å². The molecule has 7 aromatic rings. The third-order valence-electron chi connectivity index (χ3n) is 8.85. The van der Waals surface area contributed by atoms with Crippen molar-refractivity contribution in [2.45, 2.75) is 20.0 Å². The molecule has 1 aliphatic heterocycles. The number of aromatic nitrogens is 1. The molecule has 0 fully saturated rings. The topological polar surface area (TPSA) is 49.6 Å². The van der Waals surface area contributed by atoms with Gasteiger partial charge in [0.15, 0.2) is 6.17 Å². The first kappa shape index (κ1) is 33.8. The van der Waals surface area contributed by atoms with E-state index in [1.165, 1.54) is 0 Å². The monoisotopic (exact) mass is 672 g/mol. The molecule has 4 nitrogen and oxygen atoms in total. The van der Waals surface area contributed by atoms with E-state index in [2.05, 4.69) is 150 Å². The van der Waals surface area contributed by atoms with Crippen LogP contribution < -0.4 is 5.32 Å². The Morgan fingerprint density at radius 1 is 0.423 bits per heavy atom. The van der Waals surface area contributed by atoms with Gasteiger partial charge < -0.3 is 5.32 Å². The first-order valence-electron chi connectivity index (χ1n) is 17.8. The maximum atomic E-state index is 5.06. The fraction of sp³-hybridized carbons (Fsp3) is 0.0625. The van der Waals surface area contributed by atoms with Gasteiger partial charge in [-0.1, -0.05) is 184 Å². The number of hydrogen-bond donors (Lipinski definition) is 1. The first-order chi connectivity index (χ1) is 25.8. The fourth-order valence-corrected chi connectivity index (χ4v) is 6.42.